The molecule has 0 aliphatic rings. The molecule has 3 rings (SSSR count). The van der Waals surface area contributed by atoms with Gasteiger partial charge in [-0.3, -0.25) is 0 Å². The van der Waals surface area contributed by atoms with Gasteiger partial charge in [0.1, 0.15) is 12.4 Å². The van der Waals surface area contributed by atoms with Gasteiger partial charge in [-0.15, -0.1) is 10.2 Å². The van der Waals surface area contributed by atoms with Crippen molar-refractivity contribution in [3.8, 4) is 17.2 Å². The molecule has 0 saturated carbocycles. The SMILES string of the molecule is CCc1nnc(-c2ccc(OCc3ccccc3)cc2)o1. The number of rotatable bonds is 5. The third-order valence-corrected chi connectivity index (χ3v) is 3.12. The Kier molecular flexibility index (Phi) is 3.96. The van der Waals surface area contributed by atoms with E-state index in [1.54, 1.807) is 0 Å². The number of benzene rings is 2. The summed E-state index contributed by atoms with van der Waals surface area (Å²) in [6, 6.07) is 17.7. The third-order valence-electron chi connectivity index (χ3n) is 3.12. The molecule has 106 valence electrons. The van der Waals surface area contributed by atoms with E-state index >= 15 is 0 Å². The second kappa shape index (κ2) is 6.22. The van der Waals surface area contributed by atoms with Crippen molar-refractivity contribution in [2.75, 3.05) is 0 Å². The molecule has 0 fully saturated rings. The summed E-state index contributed by atoms with van der Waals surface area (Å²) in [5.74, 6) is 2.01. The Balaban J connectivity index is 1.66. The fourth-order valence-electron chi connectivity index (χ4n) is 1.95. The highest BCUT2D eigenvalue weighted by atomic mass is 16.5. The summed E-state index contributed by atoms with van der Waals surface area (Å²) in [4.78, 5) is 0. The molecular weight excluding hydrogens is 264 g/mol. The highest BCUT2D eigenvalue weighted by Gasteiger charge is 2.07. The number of nitrogens with zero attached hydrogens (tertiary/aromatic N) is 2. The van der Waals surface area contributed by atoms with Gasteiger partial charge in [-0.05, 0) is 29.8 Å². The second-order valence-electron chi connectivity index (χ2n) is 4.65. The molecule has 0 aliphatic heterocycles. The Morgan fingerprint density at radius 3 is 2.38 bits per heavy atom. The van der Waals surface area contributed by atoms with Gasteiger partial charge in [0.2, 0.25) is 11.8 Å². The van der Waals surface area contributed by atoms with Crippen LogP contribution in [-0.4, -0.2) is 10.2 Å². The Bertz CT molecular complexity index is 690. The Labute approximate surface area is 123 Å². The van der Waals surface area contributed by atoms with Gasteiger partial charge in [-0.25, -0.2) is 0 Å². The first-order chi connectivity index (χ1) is 10.3. The van der Waals surface area contributed by atoms with Crippen LogP contribution in [0.5, 0.6) is 5.75 Å². The molecule has 4 heteroatoms. The van der Waals surface area contributed by atoms with Crippen LogP contribution in [0.2, 0.25) is 0 Å². The molecule has 1 aromatic heterocycles. The summed E-state index contributed by atoms with van der Waals surface area (Å²) in [6.45, 7) is 2.54. The molecule has 0 atom stereocenters. The molecule has 0 amide bonds. The van der Waals surface area contributed by atoms with Crippen LogP contribution in [0.25, 0.3) is 11.5 Å². The number of aryl methyl sites for hydroxylation is 1. The molecule has 0 aliphatic carbocycles. The molecule has 4 nitrogen and oxygen atoms in total. The molecule has 0 spiro atoms. The van der Waals surface area contributed by atoms with Gasteiger partial charge in [-0.2, -0.15) is 0 Å². The van der Waals surface area contributed by atoms with Gasteiger partial charge in [0.15, 0.2) is 0 Å². The van der Waals surface area contributed by atoms with Gasteiger partial charge >= 0.3 is 0 Å². The van der Waals surface area contributed by atoms with Crippen LogP contribution in [-0.2, 0) is 13.0 Å². The second-order valence-corrected chi connectivity index (χ2v) is 4.65. The molecule has 0 bridgehead atoms. The van der Waals surface area contributed by atoms with Crippen molar-refractivity contribution in [3.05, 3.63) is 66.1 Å². The number of ether oxygens (including phenoxy) is 1. The van der Waals surface area contributed by atoms with Gasteiger partial charge in [0, 0.05) is 12.0 Å². The Morgan fingerprint density at radius 1 is 0.952 bits per heavy atom. The molecule has 3 aromatic rings. The minimum absolute atomic E-state index is 0.543. The summed E-state index contributed by atoms with van der Waals surface area (Å²) >= 11 is 0. The van der Waals surface area contributed by atoms with Crippen molar-refractivity contribution in [3.63, 3.8) is 0 Å². The van der Waals surface area contributed by atoms with E-state index in [1.807, 2.05) is 61.5 Å². The maximum Gasteiger partial charge on any atom is 0.247 e. The molecule has 21 heavy (non-hydrogen) atoms. The molecule has 0 saturated heterocycles. The summed E-state index contributed by atoms with van der Waals surface area (Å²) in [6.07, 6.45) is 0.741. The predicted octanol–water partition coefficient (Wildman–Crippen LogP) is 3.88. The maximum absolute atomic E-state index is 5.74. The van der Waals surface area contributed by atoms with Crippen LogP contribution in [0.3, 0.4) is 0 Å². The minimum Gasteiger partial charge on any atom is -0.489 e. The molecule has 0 N–H and O–H groups in total. The Hall–Kier alpha value is -2.62. The number of aromatic nitrogens is 2. The monoisotopic (exact) mass is 280 g/mol. The van der Waals surface area contributed by atoms with E-state index in [9.17, 15) is 0 Å². The van der Waals surface area contributed by atoms with E-state index in [2.05, 4.69) is 10.2 Å². The topological polar surface area (TPSA) is 48.2 Å². The summed E-state index contributed by atoms with van der Waals surface area (Å²) in [7, 11) is 0. The number of hydrogen-bond acceptors (Lipinski definition) is 4. The zero-order valence-electron chi connectivity index (χ0n) is 11.8. The lowest BCUT2D eigenvalue weighted by Gasteiger charge is -2.06. The molecule has 2 aromatic carbocycles. The first-order valence-corrected chi connectivity index (χ1v) is 6.94. The van der Waals surface area contributed by atoms with Gasteiger partial charge in [-0.1, -0.05) is 37.3 Å². The zero-order valence-corrected chi connectivity index (χ0v) is 11.8. The average Bonchev–Trinajstić information content (AvgIpc) is 3.03. The van der Waals surface area contributed by atoms with Crippen molar-refractivity contribution in [1.82, 2.24) is 10.2 Å². The predicted molar refractivity (Wildman–Crippen MR) is 79.9 cm³/mol. The van der Waals surface area contributed by atoms with Crippen LogP contribution >= 0.6 is 0 Å². The smallest absolute Gasteiger partial charge is 0.247 e. The van der Waals surface area contributed by atoms with E-state index in [4.69, 9.17) is 9.15 Å². The van der Waals surface area contributed by atoms with Gasteiger partial charge in [0.25, 0.3) is 0 Å². The van der Waals surface area contributed by atoms with Crippen molar-refractivity contribution < 1.29 is 9.15 Å². The van der Waals surface area contributed by atoms with Gasteiger partial charge in [0.05, 0.1) is 0 Å². The molecule has 0 unspecified atom stereocenters. The van der Waals surface area contributed by atoms with Crippen LogP contribution in [0.15, 0.2) is 59.0 Å². The van der Waals surface area contributed by atoms with Crippen LogP contribution in [0.4, 0.5) is 0 Å². The van der Waals surface area contributed by atoms with Crippen molar-refractivity contribution in [2.24, 2.45) is 0 Å². The van der Waals surface area contributed by atoms with Crippen molar-refractivity contribution in [2.45, 2.75) is 20.0 Å². The first kappa shape index (κ1) is 13.4. The third kappa shape index (κ3) is 3.28. The molecule has 0 radical (unpaired) electrons. The fourth-order valence-corrected chi connectivity index (χ4v) is 1.95. The largest absolute Gasteiger partial charge is 0.489 e. The Morgan fingerprint density at radius 2 is 1.71 bits per heavy atom. The molecule has 1 heterocycles. The first-order valence-electron chi connectivity index (χ1n) is 6.94. The highest BCUT2D eigenvalue weighted by Crippen LogP contribution is 2.22. The lowest BCUT2D eigenvalue weighted by molar-refractivity contribution is 0.306. The standard InChI is InChI=1S/C17H16N2O2/c1-2-16-18-19-17(21-16)14-8-10-15(11-9-14)20-12-13-6-4-3-5-7-13/h3-11H,2,12H2,1H3. The molecular formula is C17H16N2O2. The lowest BCUT2D eigenvalue weighted by Crippen LogP contribution is -1.94. The van der Waals surface area contributed by atoms with E-state index < -0.39 is 0 Å². The number of hydrogen-bond donors (Lipinski definition) is 0. The highest BCUT2D eigenvalue weighted by molar-refractivity contribution is 5.53. The minimum atomic E-state index is 0.543. The van der Waals surface area contributed by atoms with Crippen LogP contribution in [0, 0.1) is 0 Å². The van der Waals surface area contributed by atoms with Gasteiger partial charge < -0.3 is 9.15 Å². The van der Waals surface area contributed by atoms with Crippen molar-refractivity contribution >= 4 is 0 Å². The quantitative estimate of drug-likeness (QED) is 0.711. The summed E-state index contributed by atoms with van der Waals surface area (Å²) < 4.78 is 11.3. The average molecular weight is 280 g/mol. The summed E-state index contributed by atoms with van der Waals surface area (Å²) in [5, 5.41) is 7.98. The maximum atomic E-state index is 5.74. The van der Waals surface area contributed by atoms with E-state index in [0.717, 1.165) is 23.3 Å². The lowest BCUT2D eigenvalue weighted by atomic mass is 10.2. The van der Waals surface area contributed by atoms with Crippen LogP contribution < -0.4 is 4.74 Å². The van der Waals surface area contributed by atoms with Crippen LogP contribution in [0.1, 0.15) is 18.4 Å². The zero-order chi connectivity index (χ0) is 14.5. The normalized spacial score (nSPS) is 10.5. The van der Waals surface area contributed by atoms with E-state index in [0.29, 0.717) is 18.4 Å². The van der Waals surface area contributed by atoms with Crippen molar-refractivity contribution in [1.29, 1.82) is 0 Å². The van der Waals surface area contributed by atoms with E-state index in [1.165, 1.54) is 0 Å². The summed E-state index contributed by atoms with van der Waals surface area (Å²) in [5.41, 5.74) is 2.04. The fraction of sp³-hybridized carbons (Fsp3) is 0.176. The van der Waals surface area contributed by atoms with E-state index in [-0.39, 0.29) is 0 Å².